The molecular formula is C14H20. The van der Waals surface area contributed by atoms with E-state index < -0.39 is 0 Å². The molecule has 0 aromatic heterocycles. The second-order valence-corrected chi connectivity index (χ2v) is 5.46. The number of allylic oxidation sites excluding steroid dienone is 4. The van der Waals surface area contributed by atoms with Gasteiger partial charge in [-0.05, 0) is 55.4 Å². The van der Waals surface area contributed by atoms with Crippen LogP contribution in [0.3, 0.4) is 0 Å². The lowest BCUT2D eigenvalue weighted by Crippen LogP contribution is -2.12. The van der Waals surface area contributed by atoms with Gasteiger partial charge in [0, 0.05) is 0 Å². The van der Waals surface area contributed by atoms with Crippen LogP contribution in [0.25, 0.3) is 0 Å². The highest BCUT2D eigenvalue weighted by Gasteiger charge is 2.35. The lowest BCUT2D eigenvalue weighted by Gasteiger charge is -2.20. The molecule has 1 fully saturated rings. The van der Waals surface area contributed by atoms with Gasteiger partial charge >= 0.3 is 0 Å². The fraction of sp³-hybridized carbons (Fsp3) is 0.714. The van der Waals surface area contributed by atoms with Crippen molar-refractivity contribution in [2.75, 3.05) is 0 Å². The molecule has 0 N–H and O–H groups in total. The molecule has 3 atom stereocenters. The van der Waals surface area contributed by atoms with Gasteiger partial charge in [-0.3, -0.25) is 0 Å². The Balaban J connectivity index is 1.85. The molecule has 0 heteroatoms. The Morgan fingerprint density at radius 1 is 1.21 bits per heavy atom. The van der Waals surface area contributed by atoms with E-state index in [0.29, 0.717) is 0 Å². The van der Waals surface area contributed by atoms with E-state index in [4.69, 9.17) is 0 Å². The summed E-state index contributed by atoms with van der Waals surface area (Å²) < 4.78 is 0. The average molecular weight is 188 g/mol. The maximum absolute atomic E-state index is 2.47. The Morgan fingerprint density at radius 2 is 2.14 bits per heavy atom. The number of hydrogen-bond donors (Lipinski definition) is 0. The van der Waals surface area contributed by atoms with Gasteiger partial charge < -0.3 is 0 Å². The van der Waals surface area contributed by atoms with Crippen LogP contribution in [0, 0.1) is 17.8 Å². The van der Waals surface area contributed by atoms with Crippen molar-refractivity contribution in [3.63, 3.8) is 0 Å². The van der Waals surface area contributed by atoms with Gasteiger partial charge in [-0.2, -0.15) is 0 Å². The normalized spacial score (nSPS) is 41.1. The Labute approximate surface area is 87.1 Å². The van der Waals surface area contributed by atoms with E-state index in [9.17, 15) is 0 Å². The fourth-order valence-electron chi connectivity index (χ4n) is 3.78. The van der Waals surface area contributed by atoms with Crippen LogP contribution in [0.4, 0.5) is 0 Å². The lowest BCUT2D eigenvalue weighted by atomic mass is 9.85. The van der Waals surface area contributed by atoms with E-state index in [2.05, 4.69) is 19.1 Å². The van der Waals surface area contributed by atoms with Gasteiger partial charge in [0.25, 0.3) is 0 Å². The molecule has 1 saturated carbocycles. The monoisotopic (exact) mass is 188 g/mol. The van der Waals surface area contributed by atoms with Gasteiger partial charge in [0.2, 0.25) is 0 Å². The zero-order valence-corrected chi connectivity index (χ0v) is 9.13. The van der Waals surface area contributed by atoms with E-state index in [1.165, 1.54) is 38.5 Å². The maximum Gasteiger partial charge on any atom is -0.0130 e. The standard InChI is InChI=1S/C14H20/c1-10-5-6-12-8-7-11-3-2-4-13(11)9-14(10)12/h2,4,10,12,14H,3,5-9H2,1H3/t10-,12?,14?/m0/s1. The molecule has 0 spiro atoms. The van der Waals surface area contributed by atoms with Crippen LogP contribution in [-0.4, -0.2) is 0 Å². The summed E-state index contributed by atoms with van der Waals surface area (Å²) in [5, 5.41) is 0. The first kappa shape index (κ1) is 8.76. The Bertz CT molecular complexity index is 295. The number of hydrogen-bond acceptors (Lipinski definition) is 0. The Kier molecular flexibility index (Phi) is 2.04. The highest BCUT2D eigenvalue weighted by atomic mass is 14.4. The van der Waals surface area contributed by atoms with Crippen LogP contribution in [0.2, 0.25) is 0 Å². The molecule has 3 aliphatic carbocycles. The molecule has 76 valence electrons. The molecule has 0 aromatic carbocycles. The molecular weight excluding hydrogens is 168 g/mol. The first-order chi connectivity index (χ1) is 6.84. The van der Waals surface area contributed by atoms with Crippen LogP contribution in [0.1, 0.15) is 45.4 Å². The molecule has 0 aliphatic heterocycles. The maximum atomic E-state index is 2.47. The summed E-state index contributed by atoms with van der Waals surface area (Å²) in [4.78, 5) is 0. The largest absolute Gasteiger partial charge is 0.0802 e. The van der Waals surface area contributed by atoms with Gasteiger partial charge in [-0.15, -0.1) is 0 Å². The highest BCUT2D eigenvalue weighted by Crippen LogP contribution is 2.47. The van der Waals surface area contributed by atoms with E-state index >= 15 is 0 Å². The summed E-state index contributed by atoms with van der Waals surface area (Å²) in [5.74, 6) is 3.06. The second kappa shape index (κ2) is 3.25. The molecule has 0 radical (unpaired) electrons. The first-order valence-corrected chi connectivity index (χ1v) is 6.22. The van der Waals surface area contributed by atoms with Gasteiger partial charge in [-0.1, -0.05) is 31.1 Å². The summed E-state index contributed by atoms with van der Waals surface area (Å²) in [6, 6.07) is 0. The van der Waals surface area contributed by atoms with Crippen LogP contribution in [0.5, 0.6) is 0 Å². The van der Waals surface area contributed by atoms with Crippen molar-refractivity contribution in [2.45, 2.75) is 45.4 Å². The lowest BCUT2D eigenvalue weighted by molar-refractivity contribution is 0.319. The van der Waals surface area contributed by atoms with E-state index in [0.717, 1.165) is 17.8 Å². The van der Waals surface area contributed by atoms with E-state index in [1.807, 2.05) is 0 Å². The van der Waals surface area contributed by atoms with Crippen molar-refractivity contribution in [3.8, 4) is 0 Å². The first-order valence-electron chi connectivity index (χ1n) is 6.22. The van der Waals surface area contributed by atoms with Crippen LogP contribution < -0.4 is 0 Å². The van der Waals surface area contributed by atoms with Gasteiger partial charge in [0.1, 0.15) is 0 Å². The van der Waals surface area contributed by atoms with Crippen molar-refractivity contribution in [1.29, 1.82) is 0 Å². The van der Waals surface area contributed by atoms with Crippen molar-refractivity contribution in [3.05, 3.63) is 23.3 Å². The minimum absolute atomic E-state index is 0.987. The zero-order valence-electron chi connectivity index (χ0n) is 9.13. The summed E-state index contributed by atoms with van der Waals surface area (Å²) in [7, 11) is 0. The van der Waals surface area contributed by atoms with Crippen molar-refractivity contribution in [2.24, 2.45) is 17.8 Å². The van der Waals surface area contributed by atoms with Crippen molar-refractivity contribution < 1.29 is 0 Å². The summed E-state index contributed by atoms with van der Waals surface area (Å²) >= 11 is 0. The third-order valence-electron chi connectivity index (χ3n) is 4.74. The Hall–Kier alpha value is -0.520. The van der Waals surface area contributed by atoms with E-state index in [-0.39, 0.29) is 0 Å². The predicted octanol–water partition coefficient (Wildman–Crippen LogP) is 4.09. The molecule has 3 aliphatic rings. The smallest absolute Gasteiger partial charge is 0.0130 e. The third kappa shape index (κ3) is 1.27. The number of fused-ring (bicyclic) bond motifs is 1. The molecule has 0 amide bonds. The van der Waals surface area contributed by atoms with Crippen LogP contribution in [-0.2, 0) is 0 Å². The predicted molar refractivity (Wildman–Crippen MR) is 60.0 cm³/mol. The molecule has 0 aromatic rings. The molecule has 0 saturated heterocycles. The third-order valence-corrected chi connectivity index (χ3v) is 4.74. The van der Waals surface area contributed by atoms with Crippen molar-refractivity contribution >= 4 is 0 Å². The van der Waals surface area contributed by atoms with Gasteiger partial charge in [-0.25, -0.2) is 0 Å². The molecule has 0 heterocycles. The van der Waals surface area contributed by atoms with Gasteiger partial charge in [0.05, 0.1) is 0 Å². The molecule has 0 nitrogen and oxygen atoms in total. The van der Waals surface area contributed by atoms with E-state index in [1.54, 1.807) is 11.1 Å². The summed E-state index contributed by atoms with van der Waals surface area (Å²) in [6.45, 7) is 2.47. The molecule has 14 heavy (non-hydrogen) atoms. The van der Waals surface area contributed by atoms with Crippen LogP contribution >= 0.6 is 0 Å². The minimum Gasteiger partial charge on any atom is -0.0802 e. The van der Waals surface area contributed by atoms with Crippen molar-refractivity contribution in [1.82, 2.24) is 0 Å². The second-order valence-electron chi connectivity index (χ2n) is 5.46. The molecule has 3 rings (SSSR count). The number of rotatable bonds is 0. The quantitative estimate of drug-likeness (QED) is 0.537. The zero-order chi connectivity index (χ0) is 9.54. The average Bonchev–Trinajstić information content (AvgIpc) is 2.71. The van der Waals surface area contributed by atoms with Crippen LogP contribution in [0.15, 0.2) is 23.3 Å². The summed E-state index contributed by atoms with van der Waals surface area (Å²) in [5.41, 5.74) is 3.48. The van der Waals surface area contributed by atoms with Gasteiger partial charge in [0.15, 0.2) is 0 Å². The Morgan fingerprint density at radius 3 is 3.07 bits per heavy atom. The summed E-state index contributed by atoms with van der Waals surface area (Å²) in [6.07, 6.45) is 13.3. The molecule has 2 unspecified atom stereocenters. The highest BCUT2D eigenvalue weighted by molar-refractivity contribution is 5.35. The minimum atomic E-state index is 0.987. The fourth-order valence-corrected chi connectivity index (χ4v) is 3.78. The molecule has 0 bridgehead atoms. The SMILES string of the molecule is C[C@H]1CCC2CCC3=C(C=CC3)CC21. The topological polar surface area (TPSA) is 0 Å².